The van der Waals surface area contributed by atoms with Crippen molar-refractivity contribution in [2.24, 2.45) is 0 Å². The highest BCUT2D eigenvalue weighted by Crippen LogP contribution is 2.18. The van der Waals surface area contributed by atoms with Crippen molar-refractivity contribution in [2.75, 3.05) is 6.61 Å². The van der Waals surface area contributed by atoms with Crippen LogP contribution in [0.2, 0.25) is 0 Å². The first-order valence-electron chi connectivity index (χ1n) is 28.0. The van der Waals surface area contributed by atoms with Gasteiger partial charge in [-0.2, -0.15) is 0 Å². The zero-order chi connectivity index (χ0) is 44.4. The van der Waals surface area contributed by atoms with Crippen LogP contribution in [-0.2, 0) is 4.79 Å². The van der Waals surface area contributed by atoms with Gasteiger partial charge >= 0.3 is 0 Å². The van der Waals surface area contributed by atoms with E-state index >= 15 is 0 Å². The summed E-state index contributed by atoms with van der Waals surface area (Å²) < 4.78 is 0. The Hall–Kier alpha value is -0.910. The molecule has 3 atom stereocenters. The Morgan fingerprint density at radius 2 is 0.656 bits per heavy atom. The van der Waals surface area contributed by atoms with E-state index in [2.05, 4.69) is 31.3 Å². The lowest BCUT2D eigenvalue weighted by molar-refractivity contribution is -0.124. The van der Waals surface area contributed by atoms with Gasteiger partial charge in [0.25, 0.3) is 0 Å². The molecule has 1 amide bonds. The van der Waals surface area contributed by atoms with Gasteiger partial charge in [0.1, 0.15) is 6.10 Å². The minimum absolute atomic E-state index is 0.147. The molecular weight excluding hydrogens is 751 g/mol. The standard InChI is InChI=1S/C56H111NO4/c1-3-5-7-9-11-13-15-17-19-21-22-23-24-25-26-27-28-29-30-31-32-33-35-37-39-41-43-45-47-49-51-55(60)57-53(52-58)56(61)54(59)50-48-46-44-42-40-38-36-34-20-18-16-14-12-10-8-6-4-2/h42,44,53-54,56,58-59,61H,3-41,43,45-52H2,1-2H3,(H,57,60)/b44-42+. The van der Waals surface area contributed by atoms with Gasteiger partial charge in [0, 0.05) is 6.42 Å². The van der Waals surface area contributed by atoms with E-state index in [1.165, 1.54) is 250 Å². The minimum Gasteiger partial charge on any atom is -0.394 e. The third-order valence-corrected chi connectivity index (χ3v) is 13.4. The van der Waals surface area contributed by atoms with Crippen LogP contribution < -0.4 is 5.32 Å². The molecule has 0 spiro atoms. The number of aliphatic hydroxyl groups excluding tert-OH is 3. The Kier molecular flexibility index (Phi) is 51.0. The lowest BCUT2D eigenvalue weighted by Gasteiger charge is -2.26. The topological polar surface area (TPSA) is 89.8 Å². The van der Waals surface area contributed by atoms with Gasteiger partial charge in [0.2, 0.25) is 5.91 Å². The summed E-state index contributed by atoms with van der Waals surface area (Å²) in [6.45, 7) is 4.20. The largest absolute Gasteiger partial charge is 0.394 e. The highest BCUT2D eigenvalue weighted by Gasteiger charge is 2.26. The van der Waals surface area contributed by atoms with Crippen molar-refractivity contribution in [3.8, 4) is 0 Å². The molecule has 0 heterocycles. The molecule has 364 valence electrons. The van der Waals surface area contributed by atoms with Gasteiger partial charge in [-0.15, -0.1) is 0 Å². The summed E-state index contributed by atoms with van der Waals surface area (Å²) >= 11 is 0. The molecule has 61 heavy (non-hydrogen) atoms. The van der Waals surface area contributed by atoms with E-state index in [0.29, 0.717) is 12.8 Å². The molecule has 0 aliphatic heterocycles. The third kappa shape index (κ3) is 46.9. The Labute approximate surface area is 382 Å². The first kappa shape index (κ1) is 60.1. The van der Waals surface area contributed by atoms with Crippen molar-refractivity contribution >= 4 is 5.91 Å². The molecule has 0 bridgehead atoms. The molecule has 0 aromatic carbocycles. The first-order valence-corrected chi connectivity index (χ1v) is 28.0. The van der Waals surface area contributed by atoms with Crippen LogP contribution >= 0.6 is 0 Å². The highest BCUT2D eigenvalue weighted by molar-refractivity contribution is 5.76. The molecule has 4 N–H and O–H groups in total. The Morgan fingerprint density at radius 1 is 0.393 bits per heavy atom. The number of hydrogen-bond donors (Lipinski definition) is 4. The molecule has 0 aliphatic rings. The summed E-state index contributed by atoms with van der Waals surface area (Å²) in [5, 5.41) is 33.7. The van der Waals surface area contributed by atoms with E-state index in [1.54, 1.807) is 0 Å². The van der Waals surface area contributed by atoms with Crippen LogP contribution in [0, 0.1) is 0 Å². The maximum Gasteiger partial charge on any atom is 0.220 e. The molecule has 5 heteroatoms. The highest BCUT2D eigenvalue weighted by atomic mass is 16.3. The third-order valence-electron chi connectivity index (χ3n) is 13.4. The second-order valence-corrected chi connectivity index (χ2v) is 19.5. The predicted molar refractivity (Wildman–Crippen MR) is 269 cm³/mol. The number of aliphatic hydroxyl groups is 3. The summed E-state index contributed by atoms with van der Waals surface area (Å²) in [7, 11) is 0. The second-order valence-electron chi connectivity index (χ2n) is 19.5. The molecule has 0 radical (unpaired) electrons. The lowest BCUT2D eigenvalue weighted by atomic mass is 10.0. The lowest BCUT2D eigenvalue weighted by Crippen LogP contribution is -2.50. The summed E-state index contributed by atoms with van der Waals surface area (Å²) in [5.74, 6) is -0.147. The fourth-order valence-corrected chi connectivity index (χ4v) is 9.05. The zero-order valence-corrected chi connectivity index (χ0v) is 41.6. The second kappa shape index (κ2) is 51.7. The van der Waals surface area contributed by atoms with Crippen LogP contribution in [0.5, 0.6) is 0 Å². The van der Waals surface area contributed by atoms with Gasteiger partial charge in [0.15, 0.2) is 0 Å². The monoisotopic (exact) mass is 862 g/mol. The maximum absolute atomic E-state index is 12.5. The number of hydrogen-bond acceptors (Lipinski definition) is 4. The Balaban J connectivity index is 3.49. The fourth-order valence-electron chi connectivity index (χ4n) is 9.05. The molecule has 0 aromatic rings. The van der Waals surface area contributed by atoms with Crippen molar-refractivity contribution in [3.05, 3.63) is 12.2 Å². The zero-order valence-electron chi connectivity index (χ0n) is 41.6. The smallest absolute Gasteiger partial charge is 0.220 e. The van der Waals surface area contributed by atoms with Crippen LogP contribution in [-0.4, -0.2) is 46.1 Å². The molecule has 5 nitrogen and oxygen atoms in total. The van der Waals surface area contributed by atoms with Gasteiger partial charge in [0.05, 0.1) is 18.8 Å². The van der Waals surface area contributed by atoms with Gasteiger partial charge in [-0.1, -0.05) is 283 Å². The SMILES string of the molecule is CCCCCCCCCCCCCC/C=C/CCCC(O)C(O)C(CO)NC(=O)CCCCCCCCCCCCCCCCCCCCCCCCCCCCCCCC. The maximum atomic E-state index is 12.5. The molecule has 0 aliphatic carbocycles. The van der Waals surface area contributed by atoms with Crippen molar-refractivity contribution in [3.63, 3.8) is 0 Å². The van der Waals surface area contributed by atoms with Gasteiger partial charge < -0.3 is 20.6 Å². The van der Waals surface area contributed by atoms with E-state index in [1.807, 2.05) is 0 Å². The fraction of sp³-hybridized carbons (Fsp3) is 0.946. The normalized spacial score (nSPS) is 13.3. The van der Waals surface area contributed by atoms with Crippen molar-refractivity contribution in [1.29, 1.82) is 0 Å². The Morgan fingerprint density at radius 3 is 0.951 bits per heavy atom. The number of amides is 1. The van der Waals surface area contributed by atoms with E-state index < -0.39 is 18.2 Å². The minimum atomic E-state index is -1.16. The molecule has 0 fully saturated rings. The average Bonchev–Trinajstić information content (AvgIpc) is 3.26. The molecular formula is C56H111NO4. The van der Waals surface area contributed by atoms with Crippen LogP contribution in [0.1, 0.15) is 316 Å². The van der Waals surface area contributed by atoms with Crippen LogP contribution in [0.3, 0.4) is 0 Å². The summed E-state index contributed by atoms with van der Waals surface area (Å²) in [6.07, 6.45) is 63.7. The van der Waals surface area contributed by atoms with Gasteiger partial charge in [-0.05, 0) is 38.5 Å². The number of nitrogens with one attached hydrogen (secondary N) is 1. The first-order chi connectivity index (χ1) is 30.1. The number of rotatable bonds is 52. The molecule has 0 saturated heterocycles. The molecule has 0 aromatic heterocycles. The van der Waals surface area contributed by atoms with E-state index in [4.69, 9.17) is 0 Å². The Bertz CT molecular complexity index is 864. The van der Waals surface area contributed by atoms with Gasteiger partial charge in [-0.3, -0.25) is 4.79 Å². The average molecular weight is 863 g/mol. The van der Waals surface area contributed by atoms with Crippen LogP contribution in [0.15, 0.2) is 12.2 Å². The van der Waals surface area contributed by atoms with Crippen molar-refractivity contribution in [2.45, 2.75) is 334 Å². The van der Waals surface area contributed by atoms with Crippen molar-refractivity contribution in [1.82, 2.24) is 5.32 Å². The van der Waals surface area contributed by atoms with Gasteiger partial charge in [-0.25, -0.2) is 0 Å². The van der Waals surface area contributed by atoms with Crippen LogP contribution in [0.25, 0.3) is 0 Å². The van der Waals surface area contributed by atoms with Crippen molar-refractivity contribution < 1.29 is 20.1 Å². The molecule has 0 rings (SSSR count). The van der Waals surface area contributed by atoms with E-state index in [9.17, 15) is 20.1 Å². The summed E-state index contributed by atoms with van der Waals surface area (Å²) in [6, 6.07) is -0.822. The summed E-state index contributed by atoms with van der Waals surface area (Å²) in [5.41, 5.74) is 0. The van der Waals surface area contributed by atoms with Crippen LogP contribution in [0.4, 0.5) is 0 Å². The predicted octanol–water partition coefficient (Wildman–Crippen LogP) is 17.1. The van der Waals surface area contributed by atoms with E-state index in [-0.39, 0.29) is 12.5 Å². The molecule has 3 unspecified atom stereocenters. The summed E-state index contributed by atoms with van der Waals surface area (Å²) in [4.78, 5) is 12.5. The number of carbonyl (C=O) groups excluding carboxylic acids is 1. The quantitative estimate of drug-likeness (QED) is 0.0362. The van der Waals surface area contributed by atoms with E-state index in [0.717, 1.165) is 38.5 Å². The molecule has 0 saturated carbocycles. The number of carbonyl (C=O) groups is 1. The number of unbranched alkanes of at least 4 members (excludes halogenated alkanes) is 42. The number of allylic oxidation sites excluding steroid dienone is 2.